The van der Waals surface area contributed by atoms with E-state index in [1.165, 1.54) is 0 Å². The van der Waals surface area contributed by atoms with Gasteiger partial charge in [0.1, 0.15) is 6.29 Å². The van der Waals surface area contributed by atoms with Crippen molar-refractivity contribution in [3.8, 4) is 11.4 Å². The quantitative estimate of drug-likeness (QED) is 0.751. The maximum absolute atomic E-state index is 10.3. The molecule has 0 spiro atoms. The summed E-state index contributed by atoms with van der Waals surface area (Å²) in [4.78, 5) is 10.3. The zero-order valence-electron chi connectivity index (χ0n) is 8.05. The van der Waals surface area contributed by atoms with Gasteiger partial charge in [-0.15, -0.1) is 10.2 Å². The molecule has 0 unspecified atom stereocenters. The minimum Gasteiger partial charge on any atom is -0.303 e. The molecule has 0 aliphatic carbocycles. The number of benzene rings is 1. The lowest BCUT2D eigenvalue weighted by molar-refractivity contribution is -0.107. The van der Waals surface area contributed by atoms with E-state index in [0.717, 1.165) is 23.8 Å². The predicted octanol–water partition coefficient (Wildman–Crippen LogP) is 0.998. The first-order chi connectivity index (χ1) is 7.40. The van der Waals surface area contributed by atoms with Gasteiger partial charge in [-0.25, -0.2) is 0 Å². The third-order valence-electron chi connectivity index (χ3n) is 2.08. The van der Waals surface area contributed by atoms with Gasteiger partial charge < -0.3 is 4.79 Å². The van der Waals surface area contributed by atoms with E-state index in [1.54, 1.807) is 0 Å². The Kier molecular flexibility index (Phi) is 2.82. The SMILES string of the molecule is O=CCCc1cccc(-c2nn[nH]n2)c1. The van der Waals surface area contributed by atoms with Gasteiger partial charge in [-0.2, -0.15) is 5.21 Å². The Balaban J connectivity index is 2.23. The van der Waals surface area contributed by atoms with Crippen LogP contribution in [0.15, 0.2) is 24.3 Å². The van der Waals surface area contributed by atoms with Gasteiger partial charge in [0.05, 0.1) is 0 Å². The van der Waals surface area contributed by atoms with Crippen LogP contribution in [-0.4, -0.2) is 26.9 Å². The second kappa shape index (κ2) is 4.45. The Morgan fingerprint density at radius 1 is 1.40 bits per heavy atom. The second-order valence-electron chi connectivity index (χ2n) is 3.14. The molecule has 2 aromatic rings. The topological polar surface area (TPSA) is 71.5 Å². The normalized spacial score (nSPS) is 10.1. The summed E-state index contributed by atoms with van der Waals surface area (Å²) in [6, 6.07) is 7.78. The van der Waals surface area contributed by atoms with Gasteiger partial charge in [-0.3, -0.25) is 0 Å². The number of tetrazole rings is 1. The molecule has 1 heterocycles. The van der Waals surface area contributed by atoms with Crippen LogP contribution in [0.5, 0.6) is 0 Å². The lowest BCUT2D eigenvalue weighted by Gasteiger charge is -1.99. The highest BCUT2D eigenvalue weighted by molar-refractivity contribution is 5.56. The number of aldehydes is 1. The minimum atomic E-state index is 0.537. The first kappa shape index (κ1) is 9.51. The first-order valence-corrected chi connectivity index (χ1v) is 4.66. The molecule has 1 aromatic heterocycles. The Morgan fingerprint density at radius 2 is 2.33 bits per heavy atom. The summed E-state index contributed by atoms with van der Waals surface area (Å²) in [5.74, 6) is 0.572. The number of carbonyl (C=O) groups excluding carboxylic acids is 1. The van der Waals surface area contributed by atoms with Crippen LogP contribution in [0.1, 0.15) is 12.0 Å². The molecular weight excluding hydrogens is 192 g/mol. The summed E-state index contributed by atoms with van der Waals surface area (Å²) in [6.45, 7) is 0. The van der Waals surface area contributed by atoms with E-state index in [0.29, 0.717) is 12.2 Å². The van der Waals surface area contributed by atoms with Gasteiger partial charge in [0, 0.05) is 12.0 Å². The lowest BCUT2D eigenvalue weighted by atomic mass is 10.1. The van der Waals surface area contributed by atoms with Crippen molar-refractivity contribution in [2.45, 2.75) is 12.8 Å². The number of hydrogen-bond acceptors (Lipinski definition) is 4. The Morgan fingerprint density at radius 3 is 3.07 bits per heavy atom. The second-order valence-corrected chi connectivity index (χ2v) is 3.14. The van der Waals surface area contributed by atoms with Crippen LogP contribution < -0.4 is 0 Å². The van der Waals surface area contributed by atoms with Crippen molar-refractivity contribution >= 4 is 6.29 Å². The summed E-state index contributed by atoms with van der Waals surface area (Å²) in [5, 5.41) is 13.7. The lowest BCUT2D eigenvalue weighted by Crippen LogP contribution is -1.88. The molecule has 0 fully saturated rings. The van der Waals surface area contributed by atoms with Gasteiger partial charge in [0.25, 0.3) is 0 Å². The predicted molar refractivity (Wildman–Crippen MR) is 54.0 cm³/mol. The van der Waals surface area contributed by atoms with Crippen LogP contribution in [0, 0.1) is 0 Å². The van der Waals surface area contributed by atoms with E-state index in [4.69, 9.17) is 0 Å². The molecule has 0 bridgehead atoms. The van der Waals surface area contributed by atoms with E-state index in [1.807, 2.05) is 24.3 Å². The highest BCUT2D eigenvalue weighted by Crippen LogP contribution is 2.15. The summed E-state index contributed by atoms with van der Waals surface area (Å²) in [6.07, 6.45) is 2.20. The highest BCUT2D eigenvalue weighted by atomic mass is 16.1. The Hall–Kier alpha value is -2.04. The molecule has 2 rings (SSSR count). The number of aromatic amines is 1. The minimum absolute atomic E-state index is 0.537. The summed E-state index contributed by atoms with van der Waals surface area (Å²) < 4.78 is 0. The van der Waals surface area contributed by atoms with Crippen molar-refractivity contribution in [3.05, 3.63) is 29.8 Å². The molecule has 0 amide bonds. The van der Waals surface area contributed by atoms with Crippen molar-refractivity contribution in [2.24, 2.45) is 0 Å². The van der Waals surface area contributed by atoms with Gasteiger partial charge in [0.15, 0.2) is 0 Å². The summed E-state index contributed by atoms with van der Waals surface area (Å²) >= 11 is 0. The fourth-order valence-corrected chi connectivity index (χ4v) is 1.38. The van der Waals surface area contributed by atoms with Crippen LogP contribution >= 0.6 is 0 Å². The summed E-state index contributed by atoms with van der Waals surface area (Å²) in [5.41, 5.74) is 2.01. The zero-order valence-corrected chi connectivity index (χ0v) is 8.05. The smallest absolute Gasteiger partial charge is 0.204 e. The van der Waals surface area contributed by atoms with Crippen molar-refractivity contribution < 1.29 is 4.79 Å². The van der Waals surface area contributed by atoms with Crippen molar-refractivity contribution in [2.75, 3.05) is 0 Å². The molecular formula is C10H10N4O. The van der Waals surface area contributed by atoms with Crippen molar-refractivity contribution in [1.82, 2.24) is 20.6 Å². The van der Waals surface area contributed by atoms with Crippen LogP contribution in [0.2, 0.25) is 0 Å². The average molecular weight is 202 g/mol. The standard InChI is InChI=1S/C10H10N4O/c15-6-2-4-8-3-1-5-9(7-8)10-11-13-14-12-10/h1,3,5-7H,2,4H2,(H,11,12,13,14). The number of hydrogen-bond donors (Lipinski definition) is 1. The Labute approximate surface area is 86.5 Å². The fourth-order valence-electron chi connectivity index (χ4n) is 1.38. The molecule has 0 aliphatic rings. The van der Waals surface area contributed by atoms with Crippen LogP contribution in [0.25, 0.3) is 11.4 Å². The molecule has 15 heavy (non-hydrogen) atoms. The molecule has 76 valence electrons. The zero-order chi connectivity index (χ0) is 10.5. The molecule has 1 N–H and O–H groups in total. The summed E-state index contributed by atoms with van der Waals surface area (Å²) in [7, 11) is 0. The van der Waals surface area contributed by atoms with Crippen molar-refractivity contribution in [1.29, 1.82) is 0 Å². The monoisotopic (exact) mass is 202 g/mol. The third-order valence-corrected chi connectivity index (χ3v) is 2.08. The van der Waals surface area contributed by atoms with Crippen LogP contribution in [0.3, 0.4) is 0 Å². The number of nitrogens with zero attached hydrogens (tertiary/aromatic N) is 3. The van der Waals surface area contributed by atoms with E-state index in [9.17, 15) is 4.79 Å². The maximum atomic E-state index is 10.3. The molecule has 0 radical (unpaired) electrons. The molecule has 5 nitrogen and oxygen atoms in total. The molecule has 5 heteroatoms. The number of aromatic nitrogens is 4. The fraction of sp³-hybridized carbons (Fsp3) is 0.200. The molecule has 0 aliphatic heterocycles. The third kappa shape index (κ3) is 2.25. The van der Waals surface area contributed by atoms with Gasteiger partial charge in [0.2, 0.25) is 5.82 Å². The number of rotatable bonds is 4. The Bertz CT molecular complexity index is 438. The van der Waals surface area contributed by atoms with Crippen LogP contribution in [0.4, 0.5) is 0 Å². The average Bonchev–Trinajstić information content (AvgIpc) is 2.80. The molecule has 0 atom stereocenters. The molecule has 1 aromatic carbocycles. The highest BCUT2D eigenvalue weighted by Gasteiger charge is 2.02. The molecule has 0 saturated heterocycles. The molecule has 0 saturated carbocycles. The number of nitrogens with one attached hydrogen (secondary N) is 1. The largest absolute Gasteiger partial charge is 0.303 e. The van der Waals surface area contributed by atoms with E-state index < -0.39 is 0 Å². The number of aryl methyl sites for hydroxylation is 1. The van der Waals surface area contributed by atoms with Gasteiger partial charge in [-0.05, 0) is 23.3 Å². The number of H-pyrrole nitrogens is 1. The first-order valence-electron chi connectivity index (χ1n) is 4.66. The van der Waals surface area contributed by atoms with Crippen molar-refractivity contribution in [3.63, 3.8) is 0 Å². The maximum Gasteiger partial charge on any atom is 0.204 e. The number of carbonyl (C=O) groups is 1. The van der Waals surface area contributed by atoms with Gasteiger partial charge in [-0.1, -0.05) is 18.2 Å². The van der Waals surface area contributed by atoms with Gasteiger partial charge >= 0.3 is 0 Å². The van der Waals surface area contributed by atoms with E-state index >= 15 is 0 Å². The van der Waals surface area contributed by atoms with E-state index in [-0.39, 0.29) is 0 Å². The van der Waals surface area contributed by atoms with E-state index in [2.05, 4.69) is 20.6 Å². The van der Waals surface area contributed by atoms with Crippen LogP contribution in [-0.2, 0) is 11.2 Å².